The average Bonchev–Trinajstić information content (AvgIpc) is 1.57. The normalized spacial score (nSPS) is 38.4. The van der Waals surface area contributed by atoms with E-state index in [1.807, 2.05) is 0 Å². The lowest BCUT2D eigenvalue weighted by atomic mass is 9.81. The summed E-state index contributed by atoms with van der Waals surface area (Å²) >= 11 is 0. The number of alkyl halides is 1. The zero-order chi connectivity index (χ0) is 7.78. The quantitative estimate of drug-likeness (QED) is 0.595. The van der Waals surface area contributed by atoms with Gasteiger partial charge in [-0.2, -0.15) is 0 Å². The molecule has 10 heavy (non-hydrogen) atoms. The molecule has 1 saturated carbocycles. The van der Waals surface area contributed by atoms with Gasteiger partial charge < -0.3 is 10.5 Å². The van der Waals surface area contributed by atoms with E-state index in [1.54, 1.807) is 6.92 Å². The van der Waals surface area contributed by atoms with Gasteiger partial charge in [0, 0.05) is 12.8 Å². The molecular formula is C7H12FNO. The minimum Gasteiger partial charge on any atom is -0.476 e. The van der Waals surface area contributed by atoms with E-state index < -0.39 is 5.67 Å². The Hall–Kier alpha value is -0.730. The van der Waals surface area contributed by atoms with Crippen LogP contribution in [0.4, 0.5) is 4.39 Å². The van der Waals surface area contributed by atoms with Crippen molar-refractivity contribution in [3.05, 3.63) is 12.5 Å². The molecule has 0 aromatic carbocycles. The van der Waals surface area contributed by atoms with Gasteiger partial charge in [0.05, 0.1) is 0 Å². The third-order valence-corrected chi connectivity index (χ3v) is 1.62. The van der Waals surface area contributed by atoms with Crippen molar-refractivity contribution in [3.8, 4) is 0 Å². The second kappa shape index (κ2) is 2.15. The van der Waals surface area contributed by atoms with Gasteiger partial charge in [0.2, 0.25) is 0 Å². The highest BCUT2D eigenvalue weighted by atomic mass is 19.1. The summed E-state index contributed by atoms with van der Waals surface area (Å²) in [4.78, 5) is 0. The highest BCUT2D eigenvalue weighted by Crippen LogP contribution is 2.37. The van der Waals surface area contributed by atoms with Gasteiger partial charge in [0.1, 0.15) is 11.8 Å². The van der Waals surface area contributed by atoms with Gasteiger partial charge >= 0.3 is 0 Å². The van der Waals surface area contributed by atoms with Crippen molar-refractivity contribution in [2.75, 3.05) is 0 Å². The molecule has 1 rings (SSSR count). The van der Waals surface area contributed by atoms with Gasteiger partial charge in [-0.05, 0) is 13.5 Å². The van der Waals surface area contributed by atoms with Gasteiger partial charge in [0.25, 0.3) is 0 Å². The summed E-state index contributed by atoms with van der Waals surface area (Å²) in [7, 11) is 0. The maximum atomic E-state index is 12.8. The van der Waals surface area contributed by atoms with Crippen LogP contribution in [-0.2, 0) is 4.74 Å². The molecule has 1 aliphatic rings. The summed E-state index contributed by atoms with van der Waals surface area (Å²) in [6.45, 7) is 4.92. The van der Waals surface area contributed by atoms with Gasteiger partial charge in [-0.15, -0.1) is 0 Å². The van der Waals surface area contributed by atoms with Crippen LogP contribution in [0.3, 0.4) is 0 Å². The Balaban J connectivity index is 2.21. The lowest BCUT2D eigenvalue weighted by Gasteiger charge is -2.38. The Kier molecular flexibility index (Phi) is 1.58. The summed E-state index contributed by atoms with van der Waals surface area (Å²) in [5.41, 5.74) is 4.11. The van der Waals surface area contributed by atoms with Crippen molar-refractivity contribution >= 4 is 0 Å². The van der Waals surface area contributed by atoms with Crippen LogP contribution >= 0.6 is 0 Å². The maximum Gasteiger partial charge on any atom is 0.176 e. The second-order valence-corrected chi connectivity index (χ2v) is 3.03. The topological polar surface area (TPSA) is 35.2 Å². The monoisotopic (exact) mass is 145 g/mol. The molecule has 1 aliphatic carbocycles. The largest absolute Gasteiger partial charge is 0.476 e. The molecule has 0 aromatic rings. The summed E-state index contributed by atoms with van der Waals surface area (Å²) in [5, 5.41) is 0. The van der Waals surface area contributed by atoms with Crippen molar-refractivity contribution in [1.29, 1.82) is 0 Å². The zero-order valence-electron chi connectivity index (χ0n) is 6.06. The fraction of sp³-hybridized carbons (Fsp3) is 0.714. The maximum absolute atomic E-state index is 12.8. The third-order valence-electron chi connectivity index (χ3n) is 1.62. The van der Waals surface area contributed by atoms with E-state index >= 15 is 0 Å². The SMILES string of the molecule is C=C(N)OC1CC(C)(F)C1. The molecule has 0 radical (unpaired) electrons. The number of halogens is 1. The van der Waals surface area contributed by atoms with Crippen LogP contribution < -0.4 is 5.73 Å². The lowest BCUT2D eigenvalue weighted by Crippen LogP contribution is -2.42. The van der Waals surface area contributed by atoms with Crippen LogP contribution in [0.1, 0.15) is 19.8 Å². The molecule has 0 aromatic heterocycles. The highest BCUT2D eigenvalue weighted by Gasteiger charge is 2.42. The second-order valence-electron chi connectivity index (χ2n) is 3.03. The van der Waals surface area contributed by atoms with Crippen LogP contribution in [0, 0.1) is 0 Å². The Morgan fingerprint density at radius 2 is 2.30 bits per heavy atom. The number of rotatable bonds is 2. The van der Waals surface area contributed by atoms with Crippen LogP contribution in [-0.4, -0.2) is 11.8 Å². The molecular weight excluding hydrogens is 133 g/mol. The van der Waals surface area contributed by atoms with E-state index in [9.17, 15) is 4.39 Å². The van der Waals surface area contributed by atoms with E-state index in [4.69, 9.17) is 10.5 Å². The molecule has 0 aliphatic heterocycles. The van der Waals surface area contributed by atoms with Gasteiger partial charge in [-0.25, -0.2) is 4.39 Å². The first-order chi connectivity index (χ1) is 4.49. The first kappa shape index (κ1) is 7.38. The predicted octanol–water partition coefficient (Wildman–Crippen LogP) is 1.32. The molecule has 0 heterocycles. The number of hydrogen-bond donors (Lipinski definition) is 1. The van der Waals surface area contributed by atoms with Crippen LogP contribution in [0.15, 0.2) is 12.5 Å². The molecule has 0 bridgehead atoms. The molecule has 2 N–H and O–H groups in total. The average molecular weight is 145 g/mol. The van der Waals surface area contributed by atoms with Crippen LogP contribution in [0.5, 0.6) is 0 Å². The van der Waals surface area contributed by atoms with E-state index in [-0.39, 0.29) is 12.0 Å². The third kappa shape index (κ3) is 1.62. The van der Waals surface area contributed by atoms with Crippen molar-refractivity contribution < 1.29 is 9.13 Å². The molecule has 0 unspecified atom stereocenters. The van der Waals surface area contributed by atoms with Gasteiger partial charge in [-0.3, -0.25) is 0 Å². The molecule has 2 nitrogen and oxygen atoms in total. The molecule has 0 amide bonds. The standard InChI is InChI=1S/C7H12FNO/c1-5(9)10-6-3-7(2,8)4-6/h6H,1,3-4,9H2,2H3. The fourth-order valence-electron chi connectivity index (χ4n) is 1.19. The number of nitrogens with two attached hydrogens (primary N) is 1. The first-order valence-electron chi connectivity index (χ1n) is 3.29. The minimum atomic E-state index is -1.04. The molecule has 0 spiro atoms. The summed E-state index contributed by atoms with van der Waals surface area (Å²) in [6.07, 6.45) is 0.819. The summed E-state index contributed by atoms with van der Waals surface area (Å²) < 4.78 is 17.7. The van der Waals surface area contributed by atoms with E-state index in [1.165, 1.54) is 0 Å². The Morgan fingerprint density at radius 1 is 1.80 bits per heavy atom. The number of hydrogen-bond acceptors (Lipinski definition) is 2. The molecule has 0 saturated heterocycles. The Labute approximate surface area is 59.9 Å². The fourth-order valence-corrected chi connectivity index (χ4v) is 1.19. The Bertz CT molecular complexity index is 148. The molecule has 1 fully saturated rings. The Morgan fingerprint density at radius 3 is 2.60 bits per heavy atom. The molecule has 3 heteroatoms. The van der Waals surface area contributed by atoms with E-state index in [2.05, 4.69) is 6.58 Å². The van der Waals surface area contributed by atoms with Crippen molar-refractivity contribution in [3.63, 3.8) is 0 Å². The van der Waals surface area contributed by atoms with Gasteiger partial charge in [0.15, 0.2) is 5.88 Å². The molecule has 58 valence electrons. The van der Waals surface area contributed by atoms with Crippen molar-refractivity contribution in [2.24, 2.45) is 5.73 Å². The number of ether oxygens (including phenoxy) is 1. The van der Waals surface area contributed by atoms with Crippen molar-refractivity contribution in [2.45, 2.75) is 31.5 Å². The van der Waals surface area contributed by atoms with Crippen LogP contribution in [0.2, 0.25) is 0 Å². The zero-order valence-corrected chi connectivity index (χ0v) is 6.06. The van der Waals surface area contributed by atoms with Gasteiger partial charge in [-0.1, -0.05) is 0 Å². The summed E-state index contributed by atoms with van der Waals surface area (Å²) in [5.74, 6) is 0.181. The van der Waals surface area contributed by atoms with E-state index in [0.29, 0.717) is 12.8 Å². The van der Waals surface area contributed by atoms with Crippen LogP contribution in [0.25, 0.3) is 0 Å². The smallest absolute Gasteiger partial charge is 0.176 e. The lowest BCUT2D eigenvalue weighted by molar-refractivity contribution is -0.0612. The van der Waals surface area contributed by atoms with E-state index in [0.717, 1.165) is 0 Å². The minimum absolute atomic E-state index is 0.0486. The first-order valence-corrected chi connectivity index (χ1v) is 3.29. The van der Waals surface area contributed by atoms with Crippen molar-refractivity contribution in [1.82, 2.24) is 0 Å². The predicted molar refractivity (Wildman–Crippen MR) is 36.9 cm³/mol. The highest BCUT2D eigenvalue weighted by molar-refractivity contribution is 4.94. The summed E-state index contributed by atoms with van der Waals surface area (Å²) in [6, 6.07) is 0. The molecule has 0 atom stereocenters.